The van der Waals surface area contributed by atoms with E-state index in [1.54, 1.807) is 4.90 Å². The molecule has 7 nitrogen and oxygen atoms in total. The first-order chi connectivity index (χ1) is 14.0. The lowest BCUT2D eigenvalue weighted by Gasteiger charge is -2.38. The van der Waals surface area contributed by atoms with Crippen LogP contribution in [0, 0.1) is 5.92 Å². The lowest BCUT2D eigenvalue weighted by Crippen LogP contribution is -2.52. The van der Waals surface area contributed by atoms with Gasteiger partial charge in [-0.2, -0.15) is 0 Å². The fourth-order valence-corrected chi connectivity index (χ4v) is 5.41. The van der Waals surface area contributed by atoms with Gasteiger partial charge in [-0.15, -0.1) is 0 Å². The van der Waals surface area contributed by atoms with Crippen molar-refractivity contribution in [3.05, 3.63) is 34.9 Å². The van der Waals surface area contributed by atoms with Gasteiger partial charge in [0.05, 0.1) is 0 Å². The number of nitrogens with zero attached hydrogens (tertiary/aromatic N) is 1. The summed E-state index contributed by atoms with van der Waals surface area (Å²) in [5.41, 5.74) is 3.24. The topological polar surface area (TPSA) is 90.5 Å². The highest BCUT2D eigenvalue weighted by Crippen LogP contribution is 2.40. The maximum absolute atomic E-state index is 12.9. The summed E-state index contributed by atoms with van der Waals surface area (Å²) in [7, 11) is 0. The lowest BCUT2D eigenvalue weighted by atomic mass is 9.74. The Morgan fingerprint density at radius 3 is 2.79 bits per heavy atom. The second-order valence-corrected chi connectivity index (χ2v) is 9.06. The number of amides is 3. The van der Waals surface area contributed by atoms with Gasteiger partial charge in [-0.3, -0.25) is 19.7 Å². The van der Waals surface area contributed by atoms with Crippen LogP contribution in [0.5, 0.6) is 0 Å². The fraction of sp³-hybridized carbons (Fsp3) is 0.591. The van der Waals surface area contributed by atoms with Crippen molar-refractivity contribution in [1.82, 2.24) is 20.9 Å². The van der Waals surface area contributed by atoms with Gasteiger partial charge in [0, 0.05) is 30.6 Å². The van der Waals surface area contributed by atoms with Gasteiger partial charge < -0.3 is 15.5 Å². The molecule has 3 heterocycles. The highest BCUT2D eigenvalue weighted by molar-refractivity contribution is 6.05. The Hall–Kier alpha value is -2.25. The Morgan fingerprint density at radius 2 is 2.07 bits per heavy atom. The number of piperidine rings is 1. The van der Waals surface area contributed by atoms with Crippen LogP contribution in [0.4, 0.5) is 0 Å². The van der Waals surface area contributed by atoms with E-state index in [1.165, 1.54) is 25.7 Å². The molecule has 2 atom stereocenters. The van der Waals surface area contributed by atoms with E-state index >= 15 is 0 Å². The van der Waals surface area contributed by atoms with E-state index in [0.29, 0.717) is 30.0 Å². The molecule has 1 aromatic carbocycles. The molecular weight excluding hydrogens is 368 g/mol. The molecule has 0 aromatic heterocycles. The molecule has 3 aliphatic heterocycles. The summed E-state index contributed by atoms with van der Waals surface area (Å²) in [6, 6.07) is 5.26. The van der Waals surface area contributed by atoms with Crippen molar-refractivity contribution in [1.29, 1.82) is 0 Å². The first-order valence-corrected chi connectivity index (χ1v) is 10.8. The summed E-state index contributed by atoms with van der Waals surface area (Å²) in [6.07, 6.45) is 5.91. The standard InChI is InChI=1S/C22H28N4O3/c27-19-6-5-18(20(28)25-19)26-13-17-15(3-1-4-16(17)21(26)29)12-23-10-14-9-22(24-11-14)7-2-8-22/h1,3-4,14,18,23-24H,2,5-13H2,(H,25,27,28). The molecule has 2 saturated heterocycles. The molecule has 0 radical (unpaired) electrons. The van der Waals surface area contributed by atoms with Crippen molar-refractivity contribution in [2.24, 2.45) is 5.92 Å². The van der Waals surface area contributed by atoms with E-state index < -0.39 is 6.04 Å². The molecule has 2 unspecified atom stereocenters. The van der Waals surface area contributed by atoms with E-state index in [4.69, 9.17) is 0 Å². The number of carbonyl (C=O) groups excluding carboxylic acids is 3. The minimum absolute atomic E-state index is 0.108. The zero-order valence-electron chi connectivity index (χ0n) is 16.6. The Kier molecular flexibility index (Phi) is 4.67. The number of hydrogen-bond donors (Lipinski definition) is 3. The molecule has 5 rings (SSSR count). The Balaban J connectivity index is 1.22. The van der Waals surface area contributed by atoms with Gasteiger partial charge >= 0.3 is 0 Å². The summed E-state index contributed by atoms with van der Waals surface area (Å²) in [5, 5.41) is 9.66. The normalized spacial score (nSPS) is 27.9. The Labute approximate surface area is 170 Å². The van der Waals surface area contributed by atoms with E-state index in [1.807, 2.05) is 12.1 Å². The fourth-order valence-electron chi connectivity index (χ4n) is 5.41. The van der Waals surface area contributed by atoms with Crippen LogP contribution in [0.25, 0.3) is 0 Å². The summed E-state index contributed by atoms with van der Waals surface area (Å²) in [6.45, 7) is 3.22. The Morgan fingerprint density at radius 1 is 1.21 bits per heavy atom. The maximum Gasteiger partial charge on any atom is 0.255 e. The summed E-state index contributed by atoms with van der Waals surface area (Å²) in [4.78, 5) is 38.2. The van der Waals surface area contributed by atoms with E-state index in [2.05, 4.69) is 22.0 Å². The highest BCUT2D eigenvalue weighted by atomic mass is 16.2. The van der Waals surface area contributed by atoms with Crippen molar-refractivity contribution in [3.63, 3.8) is 0 Å². The van der Waals surface area contributed by atoms with Crippen LogP contribution < -0.4 is 16.0 Å². The molecule has 29 heavy (non-hydrogen) atoms. The number of hydrogen-bond acceptors (Lipinski definition) is 5. The molecule has 7 heteroatoms. The minimum atomic E-state index is -0.559. The number of carbonyl (C=O) groups is 3. The number of imide groups is 1. The van der Waals surface area contributed by atoms with Crippen molar-refractivity contribution >= 4 is 17.7 Å². The molecule has 154 valence electrons. The van der Waals surface area contributed by atoms with Crippen molar-refractivity contribution < 1.29 is 14.4 Å². The molecule has 1 saturated carbocycles. The smallest absolute Gasteiger partial charge is 0.255 e. The molecule has 3 N–H and O–H groups in total. The maximum atomic E-state index is 12.9. The third-order valence-corrected chi connectivity index (χ3v) is 7.18. The first kappa shape index (κ1) is 18.8. The van der Waals surface area contributed by atoms with Crippen LogP contribution in [0.3, 0.4) is 0 Å². The van der Waals surface area contributed by atoms with Gasteiger partial charge in [0.2, 0.25) is 11.8 Å². The van der Waals surface area contributed by atoms with Crippen LogP contribution in [0.15, 0.2) is 18.2 Å². The Bertz CT molecular complexity index is 864. The predicted molar refractivity (Wildman–Crippen MR) is 107 cm³/mol. The monoisotopic (exact) mass is 396 g/mol. The molecule has 1 aliphatic carbocycles. The van der Waals surface area contributed by atoms with Gasteiger partial charge in [0.1, 0.15) is 6.04 Å². The van der Waals surface area contributed by atoms with Crippen molar-refractivity contribution in [2.45, 2.75) is 63.2 Å². The highest BCUT2D eigenvalue weighted by Gasteiger charge is 2.43. The predicted octanol–water partition coefficient (Wildman–Crippen LogP) is 1.07. The average Bonchev–Trinajstić information content (AvgIpc) is 3.25. The quantitative estimate of drug-likeness (QED) is 0.648. The number of nitrogens with one attached hydrogen (secondary N) is 3. The minimum Gasteiger partial charge on any atom is -0.322 e. The van der Waals surface area contributed by atoms with E-state index in [0.717, 1.165) is 30.8 Å². The lowest BCUT2D eigenvalue weighted by molar-refractivity contribution is -0.136. The van der Waals surface area contributed by atoms with Crippen LogP contribution in [0.1, 0.15) is 60.0 Å². The van der Waals surface area contributed by atoms with Crippen molar-refractivity contribution in [3.8, 4) is 0 Å². The summed E-state index contributed by atoms with van der Waals surface area (Å²) < 4.78 is 0. The second kappa shape index (κ2) is 7.22. The summed E-state index contributed by atoms with van der Waals surface area (Å²) >= 11 is 0. The van der Waals surface area contributed by atoms with Crippen LogP contribution in [-0.4, -0.2) is 47.3 Å². The zero-order chi connectivity index (χ0) is 20.0. The van der Waals surface area contributed by atoms with Gasteiger partial charge in [0.25, 0.3) is 5.91 Å². The van der Waals surface area contributed by atoms with Gasteiger partial charge in [-0.25, -0.2) is 0 Å². The third kappa shape index (κ3) is 3.36. The molecule has 3 fully saturated rings. The van der Waals surface area contributed by atoms with Crippen LogP contribution in [-0.2, 0) is 22.7 Å². The van der Waals surface area contributed by atoms with E-state index in [9.17, 15) is 14.4 Å². The number of benzene rings is 1. The van der Waals surface area contributed by atoms with Crippen molar-refractivity contribution in [2.75, 3.05) is 13.1 Å². The zero-order valence-corrected chi connectivity index (χ0v) is 16.6. The largest absolute Gasteiger partial charge is 0.322 e. The second-order valence-electron chi connectivity index (χ2n) is 9.06. The molecule has 4 aliphatic rings. The van der Waals surface area contributed by atoms with Crippen LogP contribution >= 0.6 is 0 Å². The third-order valence-electron chi connectivity index (χ3n) is 7.18. The summed E-state index contributed by atoms with van der Waals surface area (Å²) in [5.74, 6) is -0.0666. The van der Waals surface area contributed by atoms with Gasteiger partial charge in [-0.1, -0.05) is 12.1 Å². The van der Waals surface area contributed by atoms with Crippen LogP contribution in [0.2, 0.25) is 0 Å². The van der Waals surface area contributed by atoms with E-state index in [-0.39, 0.29) is 24.1 Å². The average molecular weight is 396 g/mol. The molecule has 1 spiro atoms. The van der Waals surface area contributed by atoms with Gasteiger partial charge in [0.15, 0.2) is 0 Å². The molecule has 3 amide bonds. The number of rotatable bonds is 5. The number of fused-ring (bicyclic) bond motifs is 1. The first-order valence-electron chi connectivity index (χ1n) is 10.8. The molecule has 1 aromatic rings. The van der Waals surface area contributed by atoms with Gasteiger partial charge in [-0.05, 0) is 68.3 Å². The SMILES string of the molecule is O=C1CCC(N2Cc3c(CNCC4CNC5(CCC5)C4)cccc3C2=O)C(=O)N1. The molecular formula is C22H28N4O3. The molecule has 0 bridgehead atoms.